The fourth-order valence-electron chi connectivity index (χ4n) is 4.86. The predicted octanol–water partition coefficient (Wildman–Crippen LogP) is 6.02. The molecule has 1 N–H and O–H groups in total. The number of sulfonamides is 1. The van der Waals surface area contributed by atoms with Crippen LogP contribution in [-0.2, 0) is 32.6 Å². The quantitative estimate of drug-likeness (QED) is 0.192. The van der Waals surface area contributed by atoms with Crippen LogP contribution in [0.2, 0.25) is 5.02 Å². The summed E-state index contributed by atoms with van der Waals surface area (Å²) < 4.78 is 34.6. The van der Waals surface area contributed by atoms with E-state index in [4.69, 9.17) is 16.3 Å². The standard InChI is InChI=1S/C35H38ClN3O5S/c1-25(2)37-35(41)33(22-27-10-6-5-7-11-27)38(23-28-12-8-9-13-32(28)36)34(40)24-39(29-16-14-26(3)15-17-29)45(42,43)31-20-18-30(44-4)19-21-31/h5-21,25,33H,22-24H2,1-4H3,(H,37,41)/t33-/m1/s1. The molecular formula is C35H38ClN3O5S. The first-order chi connectivity index (χ1) is 21.5. The van der Waals surface area contributed by atoms with Gasteiger partial charge < -0.3 is 15.0 Å². The molecule has 0 aliphatic rings. The van der Waals surface area contributed by atoms with Crippen molar-refractivity contribution in [2.24, 2.45) is 0 Å². The highest BCUT2D eigenvalue weighted by Crippen LogP contribution is 2.27. The van der Waals surface area contributed by atoms with E-state index >= 15 is 0 Å². The van der Waals surface area contributed by atoms with Crippen molar-refractivity contribution < 1.29 is 22.7 Å². The van der Waals surface area contributed by atoms with Gasteiger partial charge in [0.25, 0.3) is 10.0 Å². The minimum absolute atomic E-state index is 0.00675. The van der Waals surface area contributed by atoms with Crippen LogP contribution in [0.1, 0.15) is 30.5 Å². The maximum absolute atomic E-state index is 14.5. The molecule has 0 aliphatic heterocycles. The second-order valence-corrected chi connectivity index (χ2v) is 13.3. The first-order valence-electron chi connectivity index (χ1n) is 14.6. The van der Waals surface area contributed by atoms with Crippen LogP contribution in [0.4, 0.5) is 5.69 Å². The third-order valence-electron chi connectivity index (χ3n) is 7.25. The molecule has 236 valence electrons. The number of hydrogen-bond donors (Lipinski definition) is 1. The molecule has 4 rings (SSSR count). The summed E-state index contributed by atoms with van der Waals surface area (Å²) in [5, 5.41) is 3.38. The van der Waals surface area contributed by atoms with Gasteiger partial charge in [-0.15, -0.1) is 0 Å². The second-order valence-electron chi connectivity index (χ2n) is 11.0. The van der Waals surface area contributed by atoms with E-state index in [0.29, 0.717) is 22.0 Å². The van der Waals surface area contributed by atoms with Gasteiger partial charge in [0.15, 0.2) is 0 Å². The molecule has 0 saturated heterocycles. The molecule has 0 saturated carbocycles. The zero-order valence-corrected chi connectivity index (χ0v) is 27.4. The number of halogens is 1. The van der Waals surface area contributed by atoms with Gasteiger partial charge in [-0.1, -0.05) is 77.8 Å². The first kappa shape index (κ1) is 33.6. The average Bonchev–Trinajstić information content (AvgIpc) is 3.03. The normalized spacial score (nSPS) is 12.0. The molecule has 4 aromatic carbocycles. The Morgan fingerprint density at radius 3 is 2.09 bits per heavy atom. The van der Waals surface area contributed by atoms with E-state index in [9.17, 15) is 18.0 Å². The number of ether oxygens (including phenoxy) is 1. The minimum atomic E-state index is -4.22. The van der Waals surface area contributed by atoms with Crippen LogP contribution in [-0.4, -0.2) is 50.9 Å². The number of amides is 2. The number of nitrogens with one attached hydrogen (secondary N) is 1. The molecule has 10 heteroatoms. The van der Waals surface area contributed by atoms with Gasteiger partial charge >= 0.3 is 0 Å². The van der Waals surface area contributed by atoms with Gasteiger partial charge in [-0.25, -0.2) is 8.42 Å². The van der Waals surface area contributed by atoms with Crippen LogP contribution in [0.5, 0.6) is 5.75 Å². The van der Waals surface area contributed by atoms with E-state index in [1.807, 2.05) is 51.1 Å². The number of carbonyl (C=O) groups is 2. The molecule has 0 aliphatic carbocycles. The minimum Gasteiger partial charge on any atom is -0.497 e. The van der Waals surface area contributed by atoms with Crippen molar-refractivity contribution in [3.63, 3.8) is 0 Å². The Labute approximate surface area is 270 Å². The molecule has 0 fully saturated rings. The number of nitrogens with zero attached hydrogens (tertiary/aromatic N) is 2. The van der Waals surface area contributed by atoms with Gasteiger partial charge in [-0.3, -0.25) is 13.9 Å². The van der Waals surface area contributed by atoms with Crippen LogP contribution < -0.4 is 14.4 Å². The molecule has 0 aromatic heterocycles. The van der Waals surface area contributed by atoms with Crippen LogP contribution in [0.3, 0.4) is 0 Å². The molecule has 0 bridgehead atoms. The van der Waals surface area contributed by atoms with Gasteiger partial charge in [0.1, 0.15) is 18.3 Å². The van der Waals surface area contributed by atoms with E-state index in [2.05, 4.69) is 5.32 Å². The summed E-state index contributed by atoms with van der Waals surface area (Å²) in [4.78, 5) is 29.7. The summed E-state index contributed by atoms with van der Waals surface area (Å²) in [7, 11) is -2.73. The highest BCUT2D eigenvalue weighted by Gasteiger charge is 2.35. The van der Waals surface area contributed by atoms with Gasteiger partial charge in [-0.2, -0.15) is 0 Å². The van der Waals surface area contributed by atoms with Gasteiger partial charge in [0, 0.05) is 24.0 Å². The maximum Gasteiger partial charge on any atom is 0.264 e. The third-order valence-corrected chi connectivity index (χ3v) is 9.41. The lowest BCUT2D eigenvalue weighted by Crippen LogP contribution is -2.54. The van der Waals surface area contributed by atoms with Crippen LogP contribution in [0, 0.1) is 6.92 Å². The van der Waals surface area contributed by atoms with Crippen LogP contribution in [0.15, 0.2) is 108 Å². The lowest BCUT2D eigenvalue weighted by molar-refractivity contribution is -0.140. The van der Waals surface area contributed by atoms with E-state index < -0.39 is 28.5 Å². The maximum atomic E-state index is 14.5. The summed E-state index contributed by atoms with van der Waals surface area (Å²) in [6.45, 7) is 5.02. The Balaban J connectivity index is 1.81. The molecule has 45 heavy (non-hydrogen) atoms. The van der Waals surface area contributed by atoms with Gasteiger partial charge in [0.2, 0.25) is 11.8 Å². The number of anilines is 1. The van der Waals surface area contributed by atoms with E-state index in [1.54, 1.807) is 60.7 Å². The molecule has 4 aromatic rings. The molecule has 2 amide bonds. The lowest BCUT2D eigenvalue weighted by atomic mass is 10.0. The SMILES string of the molecule is COc1ccc(S(=O)(=O)N(CC(=O)N(Cc2ccccc2Cl)[C@H](Cc2ccccc2)C(=O)NC(C)C)c2ccc(C)cc2)cc1. The average molecular weight is 648 g/mol. The molecule has 8 nitrogen and oxygen atoms in total. The Bertz CT molecular complexity index is 1700. The number of hydrogen-bond acceptors (Lipinski definition) is 5. The van der Waals surface area contributed by atoms with Crippen molar-refractivity contribution in [3.8, 4) is 5.75 Å². The second kappa shape index (κ2) is 15.1. The van der Waals surface area contributed by atoms with Crippen molar-refractivity contribution in [1.82, 2.24) is 10.2 Å². The fraction of sp³-hybridized carbons (Fsp3) is 0.257. The monoisotopic (exact) mass is 647 g/mol. The highest BCUT2D eigenvalue weighted by molar-refractivity contribution is 7.92. The number of benzene rings is 4. The number of rotatable bonds is 13. The summed E-state index contributed by atoms with van der Waals surface area (Å²) in [5.74, 6) is -0.417. The van der Waals surface area contributed by atoms with Crippen molar-refractivity contribution in [2.75, 3.05) is 18.0 Å². The van der Waals surface area contributed by atoms with E-state index in [-0.39, 0.29) is 29.8 Å². The van der Waals surface area contributed by atoms with Crippen molar-refractivity contribution in [3.05, 3.63) is 125 Å². The predicted molar refractivity (Wildman–Crippen MR) is 178 cm³/mol. The summed E-state index contributed by atoms with van der Waals surface area (Å²) in [6, 6.07) is 28.2. The van der Waals surface area contributed by atoms with Gasteiger partial charge in [-0.05, 0) is 74.4 Å². The number of aryl methyl sites for hydroxylation is 1. The Hall–Kier alpha value is -4.34. The Morgan fingerprint density at radius 1 is 0.867 bits per heavy atom. The molecule has 0 heterocycles. The largest absolute Gasteiger partial charge is 0.497 e. The van der Waals surface area contributed by atoms with E-state index in [1.165, 1.54) is 24.1 Å². The fourth-order valence-corrected chi connectivity index (χ4v) is 6.47. The molecule has 0 unspecified atom stereocenters. The molecule has 0 spiro atoms. The molecule has 1 atom stereocenters. The van der Waals surface area contributed by atoms with Crippen LogP contribution in [0.25, 0.3) is 0 Å². The van der Waals surface area contributed by atoms with Gasteiger partial charge in [0.05, 0.1) is 17.7 Å². The molecular weight excluding hydrogens is 610 g/mol. The van der Waals surface area contributed by atoms with Crippen molar-refractivity contribution >= 4 is 39.1 Å². The highest BCUT2D eigenvalue weighted by atomic mass is 35.5. The van der Waals surface area contributed by atoms with E-state index in [0.717, 1.165) is 15.4 Å². The van der Waals surface area contributed by atoms with Crippen molar-refractivity contribution in [1.29, 1.82) is 0 Å². The topological polar surface area (TPSA) is 96.0 Å². The van der Waals surface area contributed by atoms with Crippen molar-refractivity contribution in [2.45, 2.75) is 50.7 Å². The smallest absolute Gasteiger partial charge is 0.264 e. The Kier molecular flexibility index (Phi) is 11.3. The third kappa shape index (κ3) is 8.65. The first-order valence-corrected chi connectivity index (χ1v) is 16.4. The zero-order chi connectivity index (χ0) is 32.6. The Morgan fingerprint density at radius 2 is 1.49 bits per heavy atom. The lowest BCUT2D eigenvalue weighted by Gasteiger charge is -2.34. The summed E-state index contributed by atoms with van der Waals surface area (Å²) >= 11 is 6.54. The number of methoxy groups -OCH3 is 1. The summed E-state index contributed by atoms with van der Waals surface area (Å²) in [5.41, 5.74) is 2.72. The molecule has 0 radical (unpaired) electrons. The van der Waals surface area contributed by atoms with Crippen LogP contribution >= 0.6 is 11.6 Å². The number of carbonyl (C=O) groups excluding carboxylic acids is 2. The zero-order valence-electron chi connectivity index (χ0n) is 25.8. The summed E-state index contributed by atoms with van der Waals surface area (Å²) in [6.07, 6.45) is 0.214.